The molecule has 0 saturated heterocycles. The Bertz CT molecular complexity index is 954. The van der Waals surface area contributed by atoms with Crippen LogP contribution in [0.2, 0.25) is 5.02 Å². The van der Waals surface area contributed by atoms with E-state index in [1.807, 2.05) is 32.9 Å². The van der Waals surface area contributed by atoms with E-state index in [1.54, 1.807) is 6.92 Å². The Morgan fingerprint density at radius 1 is 1.08 bits per heavy atom. The van der Waals surface area contributed by atoms with Crippen LogP contribution in [-0.2, 0) is 14.8 Å². The SMILES string of the molecule is COC(=O)c1cc(S(=O)(=O)NC(C)c2cc(C)c(C)cc2C)ccc1Cl. The molecule has 7 heteroatoms. The Hall–Kier alpha value is -1.89. The number of hydrogen-bond donors (Lipinski definition) is 1. The molecule has 5 nitrogen and oxygen atoms in total. The highest BCUT2D eigenvalue weighted by molar-refractivity contribution is 7.89. The molecule has 2 aromatic rings. The number of halogens is 1. The van der Waals surface area contributed by atoms with Crippen LogP contribution in [0.15, 0.2) is 35.2 Å². The Balaban J connectivity index is 2.37. The molecule has 2 aromatic carbocycles. The molecule has 26 heavy (non-hydrogen) atoms. The summed E-state index contributed by atoms with van der Waals surface area (Å²) >= 11 is 5.96. The van der Waals surface area contributed by atoms with Gasteiger partial charge in [-0.15, -0.1) is 0 Å². The molecule has 0 spiro atoms. The molecule has 0 aliphatic carbocycles. The maximum absolute atomic E-state index is 12.7. The molecule has 0 saturated carbocycles. The lowest BCUT2D eigenvalue weighted by molar-refractivity contribution is 0.0600. The number of carbonyl (C=O) groups is 1. The van der Waals surface area contributed by atoms with E-state index in [1.165, 1.54) is 25.3 Å². The summed E-state index contributed by atoms with van der Waals surface area (Å²) in [6, 6.07) is 7.53. The van der Waals surface area contributed by atoms with Crippen LogP contribution in [-0.4, -0.2) is 21.5 Å². The van der Waals surface area contributed by atoms with E-state index in [0.29, 0.717) is 0 Å². The van der Waals surface area contributed by atoms with Gasteiger partial charge in [0.15, 0.2) is 0 Å². The zero-order chi connectivity index (χ0) is 19.6. The maximum atomic E-state index is 12.7. The van der Waals surface area contributed by atoms with E-state index in [9.17, 15) is 13.2 Å². The molecule has 1 atom stereocenters. The quantitative estimate of drug-likeness (QED) is 0.774. The van der Waals surface area contributed by atoms with Crippen molar-refractivity contribution in [2.24, 2.45) is 0 Å². The van der Waals surface area contributed by atoms with Gasteiger partial charge in [0.25, 0.3) is 0 Å². The van der Waals surface area contributed by atoms with Crippen LogP contribution < -0.4 is 4.72 Å². The number of methoxy groups -OCH3 is 1. The first-order valence-corrected chi connectivity index (χ1v) is 9.91. The van der Waals surface area contributed by atoms with Crippen molar-refractivity contribution >= 4 is 27.6 Å². The summed E-state index contributed by atoms with van der Waals surface area (Å²) in [6.07, 6.45) is 0. The number of hydrogen-bond acceptors (Lipinski definition) is 4. The van der Waals surface area contributed by atoms with E-state index in [0.717, 1.165) is 22.3 Å². The summed E-state index contributed by atoms with van der Waals surface area (Å²) in [7, 11) is -2.63. The van der Waals surface area contributed by atoms with Crippen molar-refractivity contribution in [1.82, 2.24) is 4.72 Å². The highest BCUT2D eigenvalue weighted by Gasteiger charge is 2.22. The van der Waals surface area contributed by atoms with Gasteiger partial charge in [0.05, 0.1) is 22.6 Å². The number of benzene rings is 2. The summed E-state index contributed by atoms with van der Waals surface area (Å²) in [4.78, 5) is 11.7. The second-order valence-electron chi connectivity index (χ2n) is 6.27. The fraction of sp³-hybridized carbons (Fsp3) is 0.316. The van der Waals surface area contributed by atoms with E-state index in [-0.39, 0.29) is 15.5 Å². The monoisotopic (exact) mass is 395 g/mol. The number of aryl methyl sites for hydroxylation is 3. The van der Waals surface area contributed by atoms with Crippen LogP contribution in [0.4, 0.5) is 0 Å². The van der Waals surface area contributed by atoms with E-state index >= 15 is 0 Å². The lowest BCUT2D eigenvalue weighted by Gasteiger charge is -2.19. The molecule has 0 amide bonds. The van der Waals surface area contributed by atoms with Gasteiger partial charge in [-0.25, -0.2) is 17.9 Å². The number of nitrogens with one attached hydrogen (secondary N) is 1. The predicted molar refractivity (Wildman–Crippen MR) is 102 cm³/mol. The molecule has 1 N–H and O–H groups in total. The van der Waals surface area contributed by atoms with Crippen molar-refractivity contribution in [3.63, 3.8) is 0 Å². The molecular weight excluding hydrogens is 374 g/mol. The minimum atomic E-state index is -3.84. The van der Waals surface area contributed by atoms with Gasteiger partial charge >= 0.3 is 5.97 Å². The van der Waals surface area contributed by atoms with Crippen LogP contribution in [0.5, 0.6) is 0 Å². The summed E-state index contributed by atoms with van der Waals surface area (Å²) in [6.45, 7) is 7.74. The molecule has 0 bridgehead atoms. The third-order valence-electron chi connectivity index (χ3n) is 4.33. The highest BCUT2D eigenvalue weighted by atomic mass is 35.5. The Morgan fingerprint density at radius 2 is 1.69 bits per heavy atom. The summed E-state index contributed by atoms with van der Waals surface area (Å²) in [5.74, 6) is -0.690. The van der Waals surface area contributed by atoms with Crippen molar-refractivity contribution in [3.8, 4) is 0 Å². The van der Waals surface area contributed by atoms with Gasteiger partial charge in [-0.05, 0) is 68.1 Å². The average Bonchev–Trinajstić information content (AvgIpc) is 2.57. The zero-order valence-corrected chi connectivity index (χ0v) is 17.0. The van der Waals surface area contributed by atoms with Crippen molar-refractivity contribution < 1.29 is 17.9 Å². The van der Waals surface area contributed by atoms with Gasteiger partial charge in [0.1, 0.15) is 0 Å². The second-order valence-corrected chi connectivity index (χ2v) is 8.39. The summed E-state index contributed by atoms with van der Waals surface area (Å²) < 4.78 is 32.8. The number of carbonyl (C=O) groups excluding carboxylic acids is 1. The number of rotatable bonds is 5. The lowest BCUT2D eigenvalue weighted by Crippen LogP contribution is -2.27. The first-order valence-electron chi connectivity index (χ1n) is 8.04. The first-order chi connectivity index (χ1) is 12.1. The lowest BCUT2D eigenvalue weighted by atomic mass is 9.97. The summed E-state index contributed by atoms with van der Waals surface area (Å²) in [5.41, 5.74) is 4.17. The van der Waals surface area contributed by atoms with Crippen molar-refractivity contribution in [2.75, 3.05) is 7.11 Å². The third kappa shape index (κ3) is 4.26. The van der Waals surface area contributed by atoms with Crippen molar-refractivity contribution in [3.05, 3.63) is 63.2 Å². The fourth-order valence-corrected chi connectivity index (χ4v) is 4.19. The molecule has 0 heterocycles. The fourth-order valence-electron chi connectivity index (χ4n) is 2.75. The van der Waals surface area contributed by atoms with E-state index < -0.39 is 22.0 Å². The topological polar surface area (TPSA) is 72.5 Å². The van der Waals surface area contributed by atoms with Crippen molar-refractivity contribution in [2.45, 2.75) is 38.6 Å². The molecular formula is C19H22ClNO4S. The smallest absolute Gasteiger partial charge is 0.339 e. The maximum Gasteiger partial charge on any atom is 0.339 e. The van der Waals surface area contributed by atoms with E-state index in [4.69, 9.17) is 11.6 Å². The first kappa shape index (κ1) is 20.4. The Morgan fingerprint density at radius 3 is 2.31 bits per heavy atom. The minimum Gasteiger partial charge on any atom is -0.465 e. The van der Waals surface area contributed by atoms with Gasteiger partial charge in [0, 0.05) is 6.04 Å². The van der Waals surface area contributed by atoms with Crippen LogP contribution in [0.25, 0.3) is 0 Å². The molecule has 140 valence electrons. The summed E-state index contributed by atoms with van der Waals surface area (Å²) in [5, 5.41) is 0.133. The minimum absolute atomic E-state index is 0.00653. The van der Waals surface area contributed by atoms with Crippen LogP contribution in [0.1, 0.15) is 45.6 Å². The molecule has 2 rings (SSSR count). The van der Waals surface area contributed by atoms with Crippen LogP contribution >= 0.6 is 11.6 Å². The zero-order valence-electron chi connectivity index (χ0n) is 15.4. The molecule has 0 radical (unpaired) electrons. The second kappa shape index (κ2) is 7.78. The molecule has 0 aliphatic heterocycles. The van der Waals surface area contributed by atoms with Gasteiger partial charge in [0.2, 0.25) is 10.0 Å². The predicted octanol–water partition coefficient (Wildman–Crippen LogP) is 4.09. The number of ether oxygens (including phenoxy) is 1. The Labute approximate surface area is 159 Å². The molecule has 0 aliphatic rings. The highest BCUT2D eigenvalue weighted by Crippen LogP contribution is 2.25. The number of esters is 1. The van der Waals surface area contributed by atoms with Gasteiger partial charge < -0.3 is 4.74 Å². The largest absolute Gasteiger partial charge is 0.465 e. The number of sulfonamides is 1. The molecule has 0 fully saturated rings. The van der Waals surface area contributed by atoms with E-state index in [2.05, 4.69) is 9.46 Å². The third-order valence-corrected chi connectivity index (χ3v) is 6.20. The van der Waals surface area contributed by atoms with Crippen LogP contribution in [0.3, 0.4) is 0 Å². The normalized spacial score (nSPS) is 12.7. The van der Waals surface area contributed by atoms with Gasteiger partial charge in [-0.2, -0.15) is 0 Å². The molecule has 0 aromatic heterocycles. The van der Waals surface area contributed by atoms with Gasteiger partial charge in [-0.1, -0.05) is 23.7 Å². The average molecular weight is 396 g/mol. The van der Waals surface area contributed by atoms with Crippen LogP contribution in [0, 0.1) is 20.8 Å². The standard InChI is InChI=1S/C19H22ClNO4S/c1-11-8-13(3)16(9-12(11)2)14(4)21-26(23,24)15-6-7-18(20)17(10-15)19(22)25-5/h6-10,14,21H,1-5H3. The van der Waals surface area contributed by atoms with Crippen molar-refractivity contribution in [1.29, 1.82) is 0 Å². The Kier molecular flexibility index (Phi) is 6.11. The molecule has 1 unspecified atom stereocenters. The van der Waals surface area contributed by atoms with Gasteiger partial charge in [-0.3, -0.25) is 0 Å².